The normalized spacial score (nSPS) is 11.6. The minimum Gasteiger partial charge on any atom is -0.490 e. The summed E-state index contributed by atoms with van der Waals surface area (Å²) in [7, 11) is 1.63. The zero-order valence-electron chi connectivity index (χ0n) is 20.3. The molecule has 0 fully saturated rings. The van der Waals surface area contributed by atoms with Gasteiger partial charge in [0, 0.05) is 24.3 Å². The van der Waals surface area contributed by atoms with E-state index in [1.54, 1.807) is 30.3 Å². The number of imidazole rings is 1. The number of benzene rings is 2. The van der Waals surface area contributed by atoms with Gasteiger partial charge in [-0.1, -0.05) is 18.2 Å². The van der Waals surface area contributed by atoms with Crippen molar-refractivity contribution in [3.05, 3.63) is 83.2 Å². The maximum atomic E-state index is 13.0. The van der Waals surface area contributed by atoms with Crippen LogP contribution in [0.4, 0.5) is 0 Å². The highest BCUT2D eigenvalue weighted by molar-refractivity contribution is 6.04. The average Bonchev–Trinajstić information content (AvgIpc) is 3.25. The SMILES string of the molecule is COCCOc1cncc(-c2ccc3ncc4[nH]c(=O)n(-c5ccc(C(C)(C)C#N)cc5)c4c3c2)c1. The van der Waals surface area contributed by atoms with Crippen LogP contribution >= 0.6 is 0 Å². The van der Waals surface area contributed by atoms with Gasteiger partial charge in [0.15, 0.2) is 0 Å². The molecule has 0 aliphatic carbocycles. The molecule has 0 atom stereocenters. The lowest BCUT2D eigenvalue weighted by molar-refractivity contribution is 0.146. The molecule has 0 amide bonds. The van der Waals surface area contributed by atoms with Gasteiger partial charge in [0.1, 0.15) is 12.4 Å². The fraction of sp³-hybridized carbons (Fsp3) is 0.214. The highest BCUT2D eigenvalue weighted by Crippen LogP contribution is 2.31. The Bertz CT molecular complexity index is 1660. The lowest BCUT2D eigenvalue weighted by Crippen LogP contribution is -2.16. The third-order valence-corrected chi connectivity index (χ3v) is 6.24. The number of hydrogen-bond acceptors (Lipinski definition) is 6. The fourth-order valence-electron chi connectivity index (χ4n) is 4.20. The van der Waals surface area contributed by atoms with Gasteiger partial charge in [-0.2, -0.15) is 5.26 Å². The quantitative estimate of drug-likeness (QED) is 0.338. The third-order valence-electron chi connectivity index (χ3n) is 6.24. The summed E-state index contributed by atoms with van der Waals surface area (Å²) in [6.45, 7) is 4.66. The number of methoxy groups -OCH3 is 1. The van der Waals surface area contributed by atoms with Crippen molar-refractivity contribution < 1.29 is 9.47 Å². The molecule has 3 heterocycles. The van der Waals surface area contributed by atoms with E-state index in [1.165, 1.54) is 0 Å². The highest BCUT2D eigenvalue weighted by atomic mass is 16.5. The molecular formula is C28H25N5O3. The summed E-state index contributed by atoms with van der Waals surface area (Å²) in [5, 5.41) is 10.3. The minimum absolute atomic E-state index is 0.257. The van der Waals surface area contributed by atoms with E-state index in [0.717, 1.165) is 33.1 Å². The largest absolute Gasteiger partial charge is 0.490 e. The van der Waals surface area contributed by atoms with Gasteiger partial charge in [0.05, 0.1) is 52.7 Å². The molecule has 0 aliphatic heterocycles. The maximum Gasteiger partial charge on any atom is 0.331 e. The van der Waals surface area contributed by atoms with Crippen LogP contribution in [-0.2, 0) is 10.2 Å². The predicted octanol–water partition coefficient (Wildman–Crippen LogP) is 4.76. The summed E-state index contributed by atoms with van der Waals surface area (Å²) in [6.07, 6.45) is 5.12. The molecule has 0 spiro atoms. The van der Waals surface area contributed by atoms with Crippen molar-refractivity contribution in [1.82, 2.24) is 19.5 Å². The number of fused-ring (bicyclic) bond motifs is 3. The van der Waals surface area contributed by atoms with Crippen LogP contribution in [0.1, 0.15) is 19.4 Å². The fourth-order valence-corrected chi connectivity index (χ4v) is 4.20. The molecule has 0 saturated carbocycles. The van der Waals surface area contributed by atoms with Crippen LogP contribution in [0, 0.1) is 11.3 Å². The first-order valence-electron chi connectivity index (χ1n) is 11.5. The van der Waals surface area contributed by atoms with Crippen molar-refractivity contribution >= 4 is 21.9 Å². The number of pyridine rings is 2. The van der Waals surface area contributed by atoms with Gasteiger partial charge in [-0.15, -0.1) is 0 Å². The second-order valence-corrected chi connectivity index (χ2v) is 9.05. The Labute approximate surface area is 207 Å². The highest BCUT2D eigenvalue weighted by Gasteiger charge is 2.20. The van der Waals surface area contributed by atoms with E-state index in [-0.39, 0.29) is 5.69 Å². The molecule has 5 aromatic rings. The second kappa shape index (κ2) is 9.29. The number of nitriles is 1. The number of aromatic nitrogens is 4. The summed E-state index contributed by atoms with van der Waals surface area (Å²) in [4.78, 5) is 24.8. The van der Waals surface area contributed by atoms with E-state index >= 15 is 0 Å². The summed E-state index contributed by atoms with van der Waals surface area (Å²) >= 11 is 0. The summed E-state index contributed by atoms with van der Waals surface area (Å²) < 4.78 is 12.4. The van der Waals surface area contributed by atoms with E-state index in [2.05, 4.69) is 21.0 Å². The molecule has 0 bridgehead atoms. The molecule has 1 N–H and O–H groups in total. The first kappa shape index (κ1) is 23.3. The Morgan fingerprint density at radius 1 is 1.03 bits per heavy atom. The Morgan fingerprint density at radius 3 is 2.58 bits per heavy atom. The summed E-state index contributed by atoms with van der Waals surface area (Å²) in [5.74, 6) is 0.653. The Balaban J connectivity index is 1.63. The van der Waals surface area contributed by atoms with Crippen LogP contribution < -0.4 is 10.4 Å². The van der Waals surface area contributed by atoms with Gasteiger partial charge in [0.2, 0.25) is 0 Å². The number of H-pyrrole nitrogens is 1. The number of ether oxygens (including phenoxy) is 2. The minimum atomic E-state index is -0.620. The third kappa shape index (κ3) is 4.21. The zero-order valence-corrected chi connectivity index (χ0v) is 20.3. The molecule has 0 aliphatic rings. The van der Waals surface area contributed by atoms with Crippen LogP contribution in [0.5, 0.6) is 5.75 Å². The predicted molar refractivity (Wildman–Crippen MR) is 138 cm³/mol. The van der Waals surface area contributed by atoms with Gasteiger partial charge in [-0.05, 0) is 55.3 Å². The average molecular weight is 480 g/mol. The molecule has 2 aromatic carbocycles. The lowest BCUT2D eigenvalue weighted by atomic mass is 9.86. The van der Waals surface area contributed by atoms with E-state index in [9.17, 15) is 10.1 Å². The van der Waals surface area contributed by atoms with Gasteiger partial charge in [-0.25, -0.2) is 4.79 Å². The topological polar surface area (TPSA) is 106 Å². The second-order valence-electron chi connectivity index (χ2n) is 9.05. The lowest BCUT2D eigenvalue weighted by Gasteiger charge is -2.16. The zero-order chi connectivity index (χ0) is 25.3. The molecule has 0 unspecified atom stereocenters. The number of aromatic amines is 1. The first-order valence-corrected chi connectivity index (χ1v) is 11.5. The molecule has 0 saturated heterocycles. The molecule has 180 valence electrons. The number of hydrogen-bond donors (Lipinski definition) is 1. The van der Waals surface area contributed by atoms with Crippen molar-refractivity contribution in [1.29, 1.82) is 5.26 Å². The van der Waals surface area contributed by atoms with E-state index < -0.39 is 5.41 Å². The molecule has 8 nitrogen and oxygen atoms in total. The van der Waals surface area contributed by atoms with Gasteiger partial charge in [-0.3, -0.25) is 14.5 Å². The van der Waals surface area contributed by atoms with E-state index in [4.69, 9.17) is 9.47 Å². The van der Waals surface area contributed by atoms with Crippen LogP contribution in [0.3, 0.4) is 0 Å². The van der Waals surface area contributed by atoms with Crippen molar-refractivity contribution in [2.75, 3.05) is 20.3 Å². The molecular weight excluding hydrogens is 454 g/mol. The van der Waals surface area contributed by atoms with Gasteiger partial charge >= 0.3 is 5.69 Å². The van der Waals surface area contributed by atoms with Gasteiger partial charge < -0.3 is 14.5 Å². The van der Waals surface area contributed by atoms with Crippen molar-refractivity contribution in [2.24, 2.45) is 0 Å². The Morgan fingerprint density at radius 2 is 1.83 bits per heavy atom. The Hall–Kier alpha value is -4.48. The maximum absolute atomic E-state index is 13.0. The van der Waals surface area contributed by atoms with Crippen LogP contribution in [0.2, 0.25) is 0 Å². The van der Waals surface area contributed by atoms with Crippen molar-refractivity contribution in [2.45, 2.75) is 19.3 Å². The van der Waals surface area contributed by atoms with Gasteiger partial charge in [0.25, 0.3) is 0 Å². The van der Waals surface area contributed by atoms with Crippen molar-refractivity contribution in [3.8, 4) is 28.6 Å². The molecule has 3 aromatic heterocycles. The molecule has 8 heteroatoms. The summed E-state index contributed by atoms with van der Waals surface area (Å²) in [5.41, 5.74) is 4.66. The first-order chi connectivity index (χ1) is 17.4. The summed E-state index contributed by atoms with van der Waals surface area (Å²) in [6, 6.07) is 17.7. The van der Waals surface area contributed by atoms with E-state index in [0.29, 0.717) is 30.2 Å². The standard InChI is InChI=1S/C28H25N5O3/c1-28(2,17-29)20-5-7-21(8-6-20)33-26-23-13-18(4-9-24(23)31-16-25(26)32-27(33)34)19-12-22(15-30-14-19)36-11-10-35-3/h4-9,12-16H,10-11H2,1-3H3,(H,32,34). The smallest absolute Gasteiger partial charge is 0.331 e. The number of rotatable bonds is 7. The Kier molecular flexibility index (Phi) is 6.00. The molecule has 5 rings (SSSR count). The van der Waals surface area contributed by atoms with E-state index in [1.807, 2.05) is 62.4 Å². The van der Waals surface area contributed by atoms with Crippen LogP contribution in [-0.4, -0.2) is 39.8 Å². The number of nitrogens with one attached hydrogen (secondary N) is 1. The van der Waals surface area contributed by atoms with Crippen LogP contribution in [0.25, 0.3) is 38.8 Å². The monoisotopic (exact) mass is 479 g/mol. The van der Waals surface area contributed by atoms with Crippen molar-refractivity contribution in [3.63, 3.8) is 0 Å². The molecule has 36 heavy (non-hydrogen) atoms. The number of nitrogens with zero attached hydrogens (tertiary/aromatic N) is 4. The molecule has 0 radical (unpaired) electrons. The van der Waals surface area contributed by atoms with Crippen LogP contribution in [0.15, 0.2) is 71.9 Å².